The van der Waals surface area contributed by atoms with Gasteiger partial charge in [0.25, 0.3) is 0 Å². The molecule has 4 nitrogen and oxygen atoms in total. The summed E-state index contributed by atoms with van der Waals surface area (Å²) in [5.74, 6) is -0.951. The molecule has 6 heteroatoms. The van der Waals surface area contributed by atoms with Crippen LogP contribution in [0.5, 0.6) is 0 Å². The van der Waals surface area contributed by atoms with Crippen LogP contribution in [0.3, 0.4) is 0 Å². The molecule has 0 aromatic heterocycles. The molecule has 0 saturated heterocycles. The molecule has 0 unspecified atom stereocenters. The summed E-state index contributed by atoms with van der Waals surface area (Å²) < 4.78 is 26.0. The predicted octanol–water partition coefficient (Wildman–Crippen LogP) is 3.29. The molecule has 1 fully saturated rings. The minimum Gasteiger partial charge on any atom is -0.351 e. The van der Waals surface area contributed by atoms with E-state index in [4.69, 9.17) is 0 Å². The summed E-state index contributed by atoms with van der Waals surface area (Å²) in [4.78, 5) is 24.7. The van der Waals surface area contributed by atoms with Crippen molar-refractivity contribution in [1.82, 2.24) is 10.6 Å². The molecule has 0 heterocycles. The van der Waals surface area contributed by atoms with Crippen LogP contribution >= 0.6 is 0 Å². The summed E-state index contributed by atoms with van der Waals surface area (Å²) in [5, 5.41) is 6.02. The Morgan fingerprint density at radius 3 is 1.43 bits per heavy atom. The van der Waals surface area contributed by atoms with E-state index in [9.17, 15) is 18.4 Å². The fraction of sp³-hybridized carbons (Fsp3) is 0.364. The first-order chi connectivity index (χ1) is 13.5. The molecule has 28 heavy (non-hydrogen) atoms. The molecule has 0 aliphatic heterocycles. The van der Waals surface area contributed by atoms with Crippen molar-refractivity contribution in [2.75, 3.05) is 0 Å². The van der Waals surface area contributed by atoms with Crippen molar-refractivity contribution in [2.24, 2.45) is 0 Å². The molecular weight excluding hydrogens is 362 g/mol. The van der Waals surface area contributed by atoms with Gasteiger partial charge in [-0.25, -0.2) is 8.78 Å². The van der Waals surface area contributed by atoms with Gasteiger partial charge in [0, 0.05) is 12.1 Å². The summed E-state index contributed by atoms with van der Waals surface area (Å²) in [6, 6.07) is 11.5. The lowest BCUT2D eigenvalue weighted by molar-refractivity contribution is -0.124. The second-order valence-corrected chi connectivity index (χ2v) is 7.24. The van der Waals surface area contributed by atoms with Crippen molar-refractivity contribution in [1.29, 1.82) is 0 Å². The van der Waals surface area contributed by atoms with Crippen LogP contribution in [0.2, 0.25) is 0 Å². The molecule has 2 aromatic rings. The van der Waals surface area contributed by atoms with Gasteiger partial charge in [-0.05, 0) is 48.2 Å². The van der Waals surface area contributed by atoms with E-state index in [0.29, 0.717) is 0 Å². The van der Waals surface area contributed by atoms with E-state index < -0.39 is 0 Å². The number of halogens is 2. The Morgan fingerprint density at radius 2 is 1.07 bits per heavy atom. The zero-order valence-corrected chi connectivity index (χ0v) is 15.6. The molecule has 1 aliphatic carbocycles. The van der Waals surface area contributed by atoms with Gasteiger partial charge >= 0.3 is 0 Å². The van der Waals surface area contributed by atoms with E-state index in [0.717, 1.165) is 36.8 Å². The van der Waals surface area contributed by atoms with Crippen LogP contribution in [0.25, 0.3) is 0 Å². The normalized spacial score (nSPS) is 19.1. The van der Waals surface area contributed by atoms with Crippen molar-refractivity contribution in [3.8, 4) is 0 Å². The molecule has 2 N–H and O–H groups in total. The van der Waals surface area contributed by atoms with Crippen LogP contribution in [-0.2, 0) is 22.4 Å². The van der Waals surface area contributed by atoms with Gasteiger partial charge in [0.2, 0.25) is 11.8 Å². The summed E-state index contributed by atoms with van der Waals surface area (Å²) >= 11 is 0. The highest BCUT2D eigenvalue weighted by Crippen LogP contribution is 2.19. The van der Waals surface area contributed by atoms with E-state index in [1.165, 1.54) is 24.3 Å². The van der Waals surface area contributed by atoms with Crippen molar-refractivity contribution < 1.29 is 18.4 Å². The van der Waals surface area contributed by atoms with Crippen molar-refractivity contribution >= 4 is 11.8 Å². The Balaban J connectivity index is 1.54. The highest BCUT2D eigenvalue weighted by molar-refractivity contribution is 5.80. The minimum absolute atomic E-state index is 0.126. The highest BCUT2D eigenvalue weighted by atomic mass is 19.1. The number of amides is 2. The van der Waals surface area contributed by atoms with Gasteiger partial charge in [0.15, 0.2) is 0 Å². The molecule has 148 valence electrons. The van der Waals surface area contributed by atoms with Crippen LogP contribution < -0.4 is 10.6 Å². The Kier molecular flexibility index (Phi) is 6.74. The highest BCUT2D eigenvalue weighted by Gasteiger charge is 2.27. The fourth-order valence-corrected chi connectivity index (χ4v) is 3.57. The van der Waals surface area contributed by atoms with Gasteiger partial charge in [-0.3, -0.25) is 9.59 Å². The summed E-state index contributed by atoms with van der Waals surface area (Å²) in [6.07, 6.45) is 3.94. The van der Waals surface area contributed by atoms with E-state index in [1.807, 2.05) is 0 Å². The summed E-state index contributed by atoms with van der Waals surface area (Å²) in [5.41, 5.74) is 1.48. The van der Waals surface area contributed by atoms with E-state index in [1.54, 1.807) is 24.3 Å². The second kappa shape index (κ2) is 9.44. The standard InChI is InChI=1S/C22H24F2N2O2/c23-17-9-5-15(6-10-17)13-21(27)25-19-3-1-2-4-20(19)26-22(28)14-16-7-11-18(24)12-8-16/h5-12,19-20H,1-4,13-14H2,(H,25,27)(H,26,28)/t19-,20-/m0/s1. The summed E-state index contributed by atoms with van der Waals surface area (Å²) in [7, 11) is 0. The first kappa shape index (κ1) is 20.0. The molecular formula is C22H24F2N2O2. The minimum atomic E-state index is -0.333. The van der Waals surface area contributed by atoms with Crippen LogP contribution in [-0.4, -0.2) is 23.9 Å². The maximum atomic E-state index is 13.0. The smallest absolute Gasteiger partial charge is 0.224 e. The predicted molar refractivity (Wildman–Crippen MR) is 103 cm³/mol. The molecule has 0 radical (unpaired) electrons. The van der Waals surface area contributed by atoms with Crippen molar-refractivity contribution in [3.63, 3.8) is 0 Å². The van der Waals surface area contributed by atoms with Crippen LogP contribution in [0.15, 0.2) is 48.5 Å². The SMILES string of the molecule is O=C(Cc1ccc(F)cc1)N[C@H]1CCCC[C@@H]1NC(=O)Cc1ccc(F)cc1. The molecule has 1 aliphatic rings. The first-order valence-corrected chi connectivity index (χ1v) is 9.57. The van der Waals surface area contributed by atoms with Gasteiger partial charge < -0.3 is 10.6 Å². The number of hydrogen-bond donors (Lipinski definition) is 2. The third-order valence-electron chi connectivity index (χ3n) is 5.01. The summed E-state index contributed by atoms with van der Waals surface area (Å²) in [6.45, 7) is 0. The monoisotopic (exact) mass is 386 g/mol. The fourth-order valence-electron chi connectivity index (χ4n) is 3.57. The number of nitrogens with one attached hydrogen (secondary N) is 2. The average Bonchev–Trinajstić information content (AvgIpc) is 2.67. The third-order valence-corrected chi connectivity index (χ3v) is 5.01. The Hall–Kier alpha value is -2.76. The Labute approximate surface area is 163 Å². The number of rotatable bonds is 6. The molecule has 0 spiro atoms. The van der Waals surface area contributed by atoms with Crippen molar-refractivity contribution in [3.05, 3.63) is 71.3 Å². The number of benzene rings is 2. The van der Waals surface area contributed by atoms with Gasteiger partial charge in [-0.15, -0.1) is 0 Å². The number of hydrogen-bond acceptors (Lipinski definition) is 2. The van der Waals surface area contributed by atoms with Crippen LogP contribution in [0.1, 0.15) is 36.8 Å². The lowest BCUT2D eigenvalue weighted by Gasteiger charge is -2.33. The van der Waals surface area contributed by atoms with Gasteiger partial charge in [-0.1, -0.05) is 37.1 Å². The van der Waals surface area contributed by atoms with Crippen molar-refractivity contribution in [2.45, 2.75) is 50.6 Å². The zero-order chi connectivity index (χ0) is 19.9. The molecule has 1 saturated carbocycles. The molecule has 3 rings (SSSR count). The Bertz CT molecular complexity index is 737. The lowest BCUT2D eigenvalue weighted by Crippen LogP contribution is -2.53. The molecule has 2 aromatic carbocycles. The zero-order valence-electron chi connectivity index (χ0n) is 15.6. The van der Waals surface area contributed by atoms with Gasteiger partial charge in [0.05, 0.1) is 12.8 Å². The quantitative estimate of drug-likeness (QED) is 0.800. The second-order valence-electron chi connectivity index (χ2n) is 7.24. The molecule has 2 amide bonds. The maximum absolute atomic E-state index is 13.0. The average molecular weight is 386 g/mol. The third kappa shape index (κ3) is 5.87. The Morgan fingerprint density at radius 1 is 0.714 bits per heavy atom. The number of carbonyl (C=O) groups excluding carboxylic acids is 2. The maximum Gasteiger partial charge on any atom is 0.224 e. The molecule has 2 atom stereocenters. The van der Waals surface area contributed by atoms with E-state index >= 15 is 0 Å². The topological polar surface area (TPSA) is 58.2 Å². The largest absolute Gasteiger partial charge is 0.351 e. The molecule has 0 bridgehead atoms. The number of carbonyl (C=O) groups is 2. The van der Waals surface area contributed by atoms with Gasteiger partial charge in [0.1, 0.15) is 11.6 Å². The van der Waals surface area contributed by atoms with Crippen LogP contribution in [0.4, 0.5) is 8.78 Å². The van der Waals surface area contributed by atoms with Crippen LogP contribution in [0, 0.1) is 11.6 Å². The van der Waals surface area contributed by atoms with E-state index in [-0.39, 0.29) is 48.4 Å². The van der Waals surface area contributed by atoms with E-state index in [2.05, 4.69) is 10.6 Å². The lowest BCUT2D eigenvalue weighted by atomic mass is 9.89. The van der Waals surface area contributed by atoms with Gasteiger partial charge in [-0.2, -0.15) is 0 Å². The first-order valence-electron chi connectivity index (χ1n) is 9.57.